The maximum absolute atomic E-state index is 14.3. The van der Waals surface area contributed by atoms with Crippen molar-refractivity contribution in [2.24, 2.45) is 11.3 Å². The van der Waals surface area contributed by atoms with Crippen molar-refractivity contribution in [3.05, 3.63) is 57.6 Å². The Hall–Kier alpha value is -3.40. The van der Waals surface area contributed by atoms with Crippen LogP contribution < -0.4 is 10.6 Å². The number of hydrogen-bond donors (Lipinski definition) is 2. The standard InChI is InChI=1S/C36H43BrIN9O3/c1-20-12-24(38)9-8-23-13-26(39-11-5-6-25-18-45(17-20)44-42-25)14-27-32(22(3)48)43-46(33(23)27)19-31(49)47-28(15-36(4)16-29(36)47)35(50)41-34-21(2)7-10-30(37)40-34/h7,10,13-14,18,20,24,28-29,39H,5-6,8-9,11-12,15-17,19H2,1-4H3,(H,40,41,50)/t20?,24?,28-,29+,36-/m0/s1. The van der Waals surface area contributed by atoms with Gasteiger partial charge in [0, 0.05) is 47.3 Å². The van der Waals surface area contributed by atoms with Gasteiger partial charge in [-0.15, -0.1) is 5.10 Å². The molecule has 4 aromatic rings. The Labute approximate surface area is 313 Å². The molecule has 2 amide bonds. The second kappa shape index (κ2) is 14.0. The summed E-state index contributed by atoms with van der Waals surface area (Å²) in [5, 5.41) is 20.8. The molecular formula is C36H43BrIN9O3. The van der Waals surface area contributed by atoms with Crippen LogP contribution in [-0.2, 0) is 35.5 Å². The van der Waals surface area contributed by atoms with Crippen molar-refractivity contribution in [3.63, 3.8) is 0 Å². The van der Waals surface area contributed by atoms with Crippen LogP contribution in [0.2, 0.25) is 0 Å². The number of aromatic nitrogens is 6. The number of rotatable bonds is 5. The lowest BCUT2D eigenvalue weighted by Crippen LogP contribution is -2.47. The van der Waals surface area contributed by atoms with Crippen LogP contribution in [-0.4, -0.2) is 74.8 Å². The topological polar surface area (TPSA) is 140 Å². The molecule has 2 unspecified atom stereocenters. The number of likely N-dealkylation sites (tertiary alicyclic amines) is 1. The van der Waals surface area contributed by atoms with Crippen molar-refractivity contribution in [2.45, 2.75) is 102 Å². The van der Waals surface area contributed by atoms with Crippen molar-refractivity contribution in [1.82, 2.24) is 34.7 Å². The monoisotopic (exact) mass is 855 g/mol. The summed E-state index contributed by atoms with van der Waals surface area (Å²) >= 11 is 5.94. The highest BCUT2D eigenvalue weighted by Gasteiger charge is 2.64. The summed E-state index contributed by atoms with van der Waals surface area (Å²) in [4.78, 5) is 47.3. The first-order chi connectivity index (χ1) is 23.9. The number of fused-ring (bicyclic) bond motifs is 7. The van der Waals surface area contributed by atoms with E-state index < -0.39 is 6.04 Å². The highest BCUT2D eigenvalue weighted by atomic mass is 127. The summed E-state index contributed by atoms with van der Waals surface area (Å²) in [5.41, 5.74) is 4.88. The largest absolute Gasteiger partial charge is 0.385 e. The number of halogens is 2. The van der Waals surface area contributed by atoms with E-state index in [1.54, 1.807) is 9.58 Å². The molecule has 3 aromatic heterocycles. The number of benzene rings is 1. The molecule has 5 heterocycles. The van der Waals surface area contributed by atoms with Crippen molar-refractivity contribution < 1.29 is 14.4 Å². The lowest BCUT2D eigenvalue weighted by atomic mass is 9.98. The van der Waals surface area contributed by atoms with E-state index in [4.69, 9.17) is 5.10 Å². The Morgan fingerprint density at radius 2 is 2.00 bits per heavy atom. The number of hydrogen-bond acceptors (Lipinski definition) is 8. The lowest BCUT2D eigenvalue weighted by molar-refractivity contribution is -0.138. The first-order valence-electron chi connectivity index (χ1n) is 17.4. The summed E-state index contributed by atoms with van der Waals surface area (Å²) in [7, 11) is 0. The van der Waals surface area contributed by atoms with Gasteiger partial charge in [0.15, 0.2) is 5.78 Å². The molecule has 1 aromatic carbocycles. The summed E-state index contributed by atoms with van der Waals surface area (Å²) < 4.78 is 4.71. The molecule has 3 aliphatic rings. The quantitative estimate of drug-likeness (QED) is 0.106. The van der Waals surface area contributed by atoms with Crippen molar-refractivity contribution in [3.8, 4) is 0 Å². The third-order valence-electron chi connectivity index (χ3n) is 10.5. The van der Waals surface area contributed by atoms with Gasteiger partial charge in [-0.3, -0.25) is 23.7 Å². The molecular weight excluding hydrogens is 813 g/mol. The number of piperidine rings is 1. The molecule has 0 radical (unpaired) electrons. The number of alkyl halides is 1. The van der Waals surface area contributed by atoms with Gasteiger partial charge < -0.3 is 15.5 Å². The van der Waals surface area contributed by atoms with Crippen LogP contribution in [0, 0.1) is 18.3 Å². The molecule has 12 nitrogen and oxygen atoms in total. The first-order valence-corrected chi connectivity index (χ1v) is 19.5. The molecule has 0 spiro atoms. The molecule has 2 aliphatic heterocycles. The Bertz CT molecular complexity index is 1980. The normalized spacial score (nSPS) is 25.2. The van der Waals surface area contributed by atoms with Gasteiger partial charge in [0.1, 0.15) is 28.7 Å². The van der Waals surface area contributed by atoms with E-state index in [0.717, 1.165) is 85.0 Å². The highest BCUT2D eigenvalue weighted by Crippen LogP contribution is 2.59. The Morgan fingerprint density at radius 3 is 2.80 bits per heavy atom. The summed E-state index contributed by atoms with van der Waals surface area (Å²) in [6, 6.07) is 7.24. The smallest absolute Gasteiger partial charge is 0.248 e. The Balaban J connectivity index is 1.19. The number of aryl methyl sites for hydroxylation is 3. The fourth-order valence-corrected chi connectivity index (χ4v) is 9.27. The van der Waals surface area contributed by atoms with Gasteiger partial charge in [-0.1, -0.05) is 47.7 Å². The molecule has 1 saturated heterocycles. The van der Waals surface area contributed by atoms with Gasteiger partial charge in [0.25, 0.3) is 0 Å². The fourth-order valence-electron chi connectivity index (χ4n) is 7.78. The molecule has 14 heteroatoms. The maximum Gasteiger partial charge on any atom is 0.248 e. The Kier molecular flexibility index (Phi) is 9.78. The van der Waals surface area contributed by atoms with Crippen LogP contribution in [0.25, 0.3) is 10.9 Å². The predicted molar refractivity (Wildman–Crippen MR) is 204 cm³/mol. The van der Waals surface area contributed by atoms with E-state index in [2.05, 4.69) is 90.6 Å². The van der Waals surface area contributed by atoms with Gasteiger partial charge in [-0.25, -0.2) is 4.98 Å². The zero-order valence-electron chi connectivity index (χ0n) is 28.9. The number of amides is 2. The minimum absolute atomic E-state index is 0.0109. The molecule has 1 saturated carbocycles. The van der Waals surface area contributed by atoms with E-state index in [1.807, 2.05) is 29.8 Å². The average Bonchev–Trinajstić information content (AvgIpc) is 3.35. The number of pyridine rings is 1. The molecule has 7 rings (SSSR count). The van der Waals surface area contributed by atoms with E-state index in [-0.39, 0.29) is 35.6 Å². The third kappa shape index (κ3) is 7.19. The second-order valence-corrected chi connectivity index (χ2v) is 17.3. The zero-order chi connectivity index (χ0) is 35.3. The Morgan fingerprint density at radius 1 is 1.18 bits per heavy atom. The van der Waals surface area contributed by atoms with Crippen LogP contribution in [0.3, 0.4) is 0 Å². The lowest BCUT2D eigenvalue weighted by Gasteiger charge is -2.27. The van der Waals surface area contributed by atoms with E-state index in [0.29, 0.717) is 32.4 Å². The van der Waals surface area contributed by atoms with Gasteiger partial charge in [-0.2, -0.15) is 5.10 Å². The summed E-state index contributed by atoms with van der Waals surface area (Å²) in [6.45, 7) is 9.32. The predicted octanol–water partition coefficient (Wildman–Crippen LogP) is 6.14. The number of anilines is 2. The minimum atomic E-state index is -0.618. The number of ketones is 1. The molecule has 2 N–H and O–H groups in total. The van der Waals surface area contributed by atoms with E-state index in [9.17, 15) is 14.4 Å². The van der Waals surface area contributed by atoms with Gasteiger partial charge in [0.2, 0.25) is 11.8 Å². The SMILES string of the molecule is CC(=O)c1nn(CC(=O)N2[C@H](C(=O)Nc3nc(Br)ccc3C)C[C@@]3(C)C[C@@H]23)c2c3cc(cc12)NCCCc1cn(nn1)CC(C)CC(I)CC3. The highest BCUT2D eigenvalue weighted by molar-refractivity contribution is 14.1. The first kappa shape index (κ1) is 35.0. The maximum atomic E-state index is 14.3. The van der Waals surface area contributed by atoms with Crippen molar-refractivity contribution in [1.29, 1.82) is 0 Å². The van der Waals surface area contributed by atoms with E-state index >= 15 is 0 Å². The number of nitrogens with zero attached hydrogens (tertiary/aromatic N) is 7. The molecule has 264 valence electrons. The van der Waals surface area contributed by atoms with Gasteiger partial charge >= 0.3 is 0 Å². The van der Waals surface area contributed by atoms with Gasteiger partial charge in [-0.05, 0) is 108 Å². The van der Waals surface area contributed by atoms with Crippen LogP contribution in [0.15, 0.2) is 35.1 Å². The number of Topliss-reactive ketones (excluding diaryl/α,β-unsaturated/α-hetero) is 1. The molecule has 50 heavy (non-hydrogen) atoms. The molecule has 4 bridgehead atoms. The van der Waals surface area contributed by atoms with Gasteiger partial charge in [0.05, 0.1) is 11.2 Å². The number of carbonyl (C=O) groups excluding carboxylic acids is 3. The molecule has 5 atom stereocenters. The van der Waals surface area contributed by atoms with Crippen LogP contribution in [0.4, 0.5) is 11.5 Å². The fraction of sp³-hybridized carbons (Fsp3) is 0.528. The van der Waals surface area contributed by atoms with E-state index in [1.165, 1.54) is 6.92 Å². The van der Waals surface area contributed by atoms with Crippen LogP contribution in [0.5, 0.6) is 0 Å². The minimum Gasteiger partial charge on any atom is -0.385 e. The van der Waals surface area contributed by atoms with Crippen LogP contribution >= 0.6 is 38.5 Å². The second-order valence-electron chi connectivity index (χ2n) is 14.7. The molecule has 2 fully saturated rings. The number of nitrogens with one attached hydrogen (secondary N) is 2. The van der Waals surface area contributed by atoms with Crippen molar-refractivity contribution in [2.75, 3.05) is 17.2 Å². The summed E-state index contributed by atoms with van der Waals surface area (Å²) in [6.07, 6.45) is 7.94. The molecule has 1 aliphatic carbocycles. The third-order valence-corrected chi connectivity index (χ3v) is 12.1. The van der Waals surface area contributed by atoms with Crippen molar-refractivity contribution >= 4 is 78.5 Å². The zero-order valence-corrected chi connectivity index (χ0v) is 32.6. The number of carbonyl (C=O) groups is 3. The summed E-state index contributed by atoms with van der Waals surface area (Å²) in [5.74, 6) is 0.347. The van der Waals surface area contributed by atoms with Crippen LogP contribution in [0.1, 0.15) is 80.2 Å². The average molecular weight is 857 g/mol.